The molecule has 0 aliphatic heterocycles. The van der Waals surface area contributed by atoms with Gasteiger partial charge in [0.1, 0.15) is 11.5 Å². The minimum Gasteiger partial charge on any atom is -0.497 e. The topological polar surface area (TPSA) is 48.4 Å². The molecule has 130 valence electrons. The van der Waals surface area contributed by atoms with E-state index in [1.165, 1.54) is 16.9 Å². The van der Waals surface area contributed by atoms with E-state index in [2.05, 4.69) is 17.1 Å². The summed E-state index contributed by atoms with van der Waals surface area (Å²) in [4.78, 5) is 5.30. The van der Waals surface area contributed by atoms with Crippen LogP contribution in [0.1, 0.15) is 11.1 Å². The largest absolute Gasteiger partial charge is 0.497 e. The van der Waals surface area contributed by atoms with Crippen LogP contribution in [-0.2, 0) is 17.2 Å². The Morgan fingerprint density at radius 3 is 2.56 bits per heavy atom. The van der Waals surface area contributed by atoms with Gasteiger partial charge in [-0.3, -0.25) is 4.21 Å². The average Bonchev–Trinajstić information content (AvgIpc) is 3.13. The Labute approximate surface area is 153 Å². The van der Waals surface area contributed by atoms with Crippen molar-refractivity contribution in [2.75, 3.05) is 20.5 Å². The highest BCUT2D eigenvalue weighted by atomic mass is 32.2. The Morgan fingerprint density at radius 1 is 1.08 bits per heavy atom. The van der Waals surface area contributed by atoms with Gasteiger partial charge in [0.2, 0.25) is 0 Å². The summed E-state index contributed by atoms with van der Waals surface area (Å²) in [5, 5.41) is 0. The second-order valence-electron chi connectivity index (χ2n) is 5.46. The second-order valence-corrected chi connectivity index (χ2v) is 8.04. The molecule has 3 rings (SSSR count). The fourth-order valence-electron chi connectivity index (χ4n) is 2.63. The molecule has 0 aliphatic rings. The maximum atomic E-state index is 11.6. The summed E-state index contributed by atoms with van der Waals surface area (Å²) in [5.74, 6) is 1.57. The first-order valence-electron chi connectivity index (χ1n) is 7.71. The van der Waals surface area contributed by atoms with E-state index in [9.17, 15) is 4.21 Å². The summed E-state index contributed by atoms with van der Waals surface area (Å²) in [6.45, 7) is 0. The van der Waals surface area contributed by atoms with Crippen LogP contribution in [-0.4, -0.2) is 29.7 Å². The fourth-order valence-corrected chi connectivity index (χ4v) is 4.28. The lowest BCUT2D eigenvalue weighted by molar-refractivity contribution is 0.391. The Kier molecular flexibility index (Phi) is 5.50. The van der Waals surface area contributed by atoms with Crippen LogP contribution < -0.4 is 9.47 Å². The molecule has 2 aromatic carbocycles. The van der Waals surface area contributed by atoms with Crippen LogP contribution in [0.25, 0.3) is 10.4 Å². The Hall–Kier alpha value is -2.18. The van der Waals surface area contributed by atoms with Gasteiger partial charge < -0.3 is 9.47 Å². The van der Waals surface area contributed by atoms with E-state index in [0.29, 0.717) is 4.34 Å². The van der Waals surface area contributed by atoms with E-state index in [-0.39, 0.29) is 0 Å². The smallest absolute Gasteiger partial charge is 0.180 e. The molecule has 1 unspecified atom stereocenters. The predicted molar refractivity (Wildman–Crippen MR) is 102 cm³/mol. The average molecular weight is 373 g/mol. The van der Waals surface area contributed by atoms with Gasteiger partial charge >= 0.3 is 0 Å². The number of thiazole rings is 1. The van der Waals surface area contributed by atoms with Crippen molar-refractivity contribution in [3.63, 3.8) is 0 Å². The van der Waals surface area contributed by atoms with Crippen LogP contribution in [0.15, 0.2) is 53.0 Å². The van der Waals surface area contributed by atoms with E-state index >= 15 is 0 Å². The van der Waals surface area contributed by atoms with Crippen LogP contribution in [0.5, 0.6) is 11.5 Å². The Balaban J connectivity index is 1.97. The van der Waals surface area contributed by atoms with Crippen molar-refractivity contribution < 1.29 is 13.7 Å². The molecule has 25 heavy (non-hydrogen) atoms. The second kappa shape index (κ2) is 7.80. The van der Waals surface area contributed by atoms with Crippen molar-refractivity contribution in [3.8, 4) is 21.9 Å². The van der Waals surface area contributed by atoms with Gasteiger partial charge in [0.05, 0.1) is 29.9 Å². The van der Waals surface area contributed by atoms with Gasteiger partial charge in [-0.05, 0) is 22.8 Å². The quantitative estimate of drug-likeness (QED) is 0.651. The van der Waals surface area contributed by atoms with Crippen molar-refractivity contribution in [1.29, 1.82) is 0 Å². The van der Waals surface area contributed by atoms with E-state index in [0.717, 1.165) is 33.9 Å². The molecule has 0 amide bonds. The van der Waals surface area contributed by atoms with E-state index in [1.54, 1.807) is 26.7 Å². The molecule has 0 saturated heterocycles. The molecule has 0 bridgehead atoms. The first kappa shape index (κ1) is 17.6. The summed E-state index contributed by atoms with van der Waals surface area (Å²) in [7, 11) is 2.24. The van der Waals surface area contributed by atoms with E-state index in [1.807, 2.05) is 30.3 Å². The summed E-state index contributed by atoms with van der Waals surface area (Å²) in [6.07, 6.45) is 4.17. The van der Waals surface area contributed by atoms with Crippen molar-refractivity contribution in [2.45, 2.75) is 10.8 Å². The lowest BCUT2D eigenvalue weighted by Crippen LogP contribution is -1.96. The van der Waals surface area contributed by atoms with Crippen LogP contribution >= 0.6 is 11.3 Å². The molecule has 1 atom stereocenters. The third-order valence-electron chi connectivity index (χ3n) is 3.89. The van der Waals surface area contributed by atoms with Crippen molar-refractivity contribution in [2.24, 2.45) is 0 Å². The summed E-state index contributed by atoms with van der Waals surface area (Å²) < 4.78 is 23.1. The monoisotopic (exact) mass is 373 g/mol. The van der Waals surface area contributed by atoms with Crippen LogP contribution in [0.4, 0.5) is 0 Å². The fraction of sp³-hybridized carbons (Fsp3) is 0.211. The minimum atomic E-state index is -1.06. The highest BCUT2D eigenvalue weighted by Crippen LogP contribution is 2.33. The molecule has 0 saturated carbocycles. The maximum absolute atomic E-state index is 11.6. The molecule has 6 heteroatoms. The number of hydrogen-bond donors (Lipinski definition) is 0. The van der Waals surface area contributed by atoms with E-state index in [4.69, 9.17) is 9.47 Å². The Morgan fingerprint density at radius 2 is 1.88 bits per heavy atom. The number of aromatic nitrogens is 1. The standard InChI is InChI=1S/C19H19NO3S2/c1-22-15-9-8-14(17(11-15)23-2)10-13-6-4-5-7-16(13)18-12-20-19(24-18)25(3)21/h4-9,11-12H,10H2,1-3H3. The molecule has 4 nitrogen and oxygen atoms in total. The highest BCUT2D eigenvalue weighted by molar-refractivity contribution is 7.86. The van der Waals surface area contributed by atoms with Gasteiger partial charge in [-0.15, -0.1) is 11.3 Å². The van der Waals surface area contributed by atoms with Crippen LogP contribution in [0.2, 0.25) is 0 Å². The number of hydrogen-bond acceptors (Lipinski definition) is 5. The van der Waals surface area contributed by atoms with Crippen molar-refractivity contribution in [1.82, 2.24) is 4.98 Å². The third kappa shape index (κ3) is 3.91. The maximum Gasteiger partial charge on any atom is 0.180 e. The molecule has 0 N–H and O–H groups in total. The van der Waals surface area contributed by atoms with Gasteiger partial charge in [-0.2, -0.15) is 0 Å². The molecule has 0 spiro atoms. The van der Waals surface area contributed by atoms with Gasteiger partial charge in [0.15, 0.2) is 4.34 Å². The lowest BCUT2D eigenvalue weighted by Gasteiger charge is -2.12. The normalized spacial score (nSPS) is 12.0. The van der Waals surface area contributed by atoms with Crippen LogP contribution in [0, 0.1) is 0 Å². The van der Waals surface area contributed by atoms with Gasteiger partial charge in [0, 0.05) is 24.9 Å². The SMILES string of the molecule is COc1ccc(Cc2ccccc2-c2cnc(S(C)=O)s2)c(OC)c1. The molecular weight excluding hydrogens is 354 g/mol. The van der Waals surface area contributed by atoms with Crippen molar-refractivity contribution >= 4 is 22.1 Å². The number of benzene rings is 2. The number of nitrogens with zero attached hydrogens (tertiary/aromatic N) is 1. The summed E-state index contributed by atoms with van der Waals surface area (Å²) in [5.41, 5.74) is 3.36. The molecular formula is C19H19NO3S2. The Bertz CT molecular complexity index is 905. The summed E-state index contributed by atoms with van der Waals surface area (Å²) in [6, 6.07) is 14.0. The molecule has 0 aliphatic carbocycles. The van der Waals surface area contributed by atoms with Crippen molar-refractivity contribution in [3.05, 3.63) is 59.8 Å². The third-order valence-corrected chi connectivity index (χ3v) is 6.26. The van der Waals surface area contributed by atoms with E-state index < -0.39 is 10.8 Å². The molecule has 0 radical (unpaired) electrons. The molecule has 3 aromatic rings. The first-order chi connectivity index (χ1) is 12.1. The van der Waals surface area contributed by atoms with Gasteiger partial charge in [-0.1, -0.05) is 30.3 Å². The number of rotatable bonds is 6. The zero-order chi connectivity index (χ0) is 17.8. The zero-order valence-corrected chi connectivity index (χ0v) is 15.9. The highest BCUT2D eigenvalue weighted by Gasteiger charge is 2.13. The zero-order valence-electron chi connectivity index (χ0n) is 14.3. The molecule has 1 heterocycles. The van der Waals surface area contributed by atoms with Gasteiger partial charge in [-0.25, -0.2) is 4.98 Å². The number of methoxy groups -OCH3 is 2. The van der Waals surface area contributed by atoms with Crippen LogP contribution in [0.3, 0.4) is 0 Å². The molecule has 0 fully saturated rings. The van der Waals surface area contributed by atoms with Gasteiger partial charge in [0.25, 0.3) is 0 Å². The lowest BCUT2D eigenvalue weighted by atomic mass is 9.98. The number of ether oxygens (including phenoxy) is 2. The minimum absolute atomic E-state index is 0.645. The first-order valence-corrected chi connectivity index (χ1v) is 10.1. The predicted octanol–water partition coefficient (Wildman–Crippen LogP) is 4.16. The summed E-state index contributed by atoms with van der Waals surface area (Å²) >= 11 is 1.47. The molecule has 1 aromatic heterocycles.